The van der Waals surface area contributed by atoms with Crippen molar-refractivity contribution in [2.24, 2.45) is 11.8 Å². The smallest absolute Gasteiger partial charge is 0.245 e. The minimum absolute atomic E-state index is 0.0807. The second kappa shape index (κ2) is 15.6. The van der Waals surface area contributed by atoms with Crippen LogP contribution in [0.2, 0.25) is 0 Å². The SMILES string of the molecule is CN(C)C(c1cccs1)C1CCC(CCNC(=O)COCCN(Cc2ccccc2)S(=O)(=O)c2ccccc2)CC1. The number of amides is 1. The van der Waals surface area contributed by atoms with E-state index in [4.69, 9.17) is 4.74 Å². The Labute approximate surface area is 249 Å². The predicted molar refractivity (Wildman–Crippen MR) is 165 cm³/mol. The zero-order chi connectivity index (χ0) is 29.1. The van der Waals surface area contributed by atoms with E-state index in [9.17, 15) is 13.2 Å². The first-order valence-corrected chi connectivity index (χ1v) is 16.8. The van der Waals surface area contributed by atoms with Crippen molar-refractivity contribution < 1.29 is 17.9 Å². The number of sulfonamides is 1. The minimum Gasteiger partial charge on any atom is -0.370 e. The fraction of sp³-hybridized carbons (Fsp3) is 0.469. The summed E-state index contributed by atoms with van der Waals surface area (Å²) in [6.45, 7) is 1.08. The lowest BCUT2D eigenvalue weighted by Crippen LogP contribution is -2.35. The summed E-state index contributed by atoms with van der Waals surface area (Å²) in [5, 5.41) is 5.15. The molecule has 7 nitrogen and oxygen atoms in total. The van der Waals surface area contributed by atoms with Gasteiger partial charge in [0.2, 0.25) is 15.9 Å². The van der Waals surface area contributed by atoms with Crippen molar-refractivity contribution in [3.05, 3.63) is 88.6 Å². The van der Waals surface area contributed by atoms with Gasteiger partial charge in [-0.15, -0.1) is 11.3 Å². The van der Waals surface area contributed by atoms with Gasteiger partial charge in [-0.3, -0.25) is 4.79 Å². The molecule has 1 heterocycles. The van der Waals surface area contributed by atoms with Gasteiger partial charge in [-0.1, -0.05) is 67.4 Å². The van der Waals surface area contributed by atoms with Crippen LogP contribution >= 0.6 is 11.3 Å². The van der Waals surface area contributed by atoms with Crippen LogP contribution in [0.5, 0.6) is 0 Å². The molecule has 1 saturated carbocycles. The van der Waals surface area contributed by atoms with Crippen LogP contribution in [-0.4, -0.2) is 63.9 Å². The fourth-order valence-electron chi connectivity index (χ4n) is 5.77. The van der Waals surface area contributed by atoms with E-state index in [1.54, 1.807) is 30.3 Å². The highest BCUT2D eigenvalue weighted by atomic mass is 32.2. The molecule has 0 spiro atoms. The molecule has 0 radical (unpaired) electrons. The maximum Gasteiger partial charge on any atom is 0.245 e. The van der Waals surface area contributed by atoms with Crippen molar-refractivity contribution in [2.75, 3.05) is 40.4 Å². The molecular formula is C32H43N3O4S2. The summed E-state index contributed by atoms with van der Waals surface area (Å²) in [6, 6.07) is 22.8. The third-order valence-corrected chi connectivity index (χ3v) is 10.7. The number of nitrogens with zero attached hydrogens (tertiary/aromatic N) is 2. The highest BCUT2D eigenvalue weighted by Crippen LogP contribution is 2.41. The zero-order valence-corrected chi connectivity index (χ0v) is 25.8. The number of hydrogen-bond donors (Lipinski definition) is 1. The van der Waals surface area contributed by atoms with Gasteiger partial charge in [-0.25, -0.2) is 8.42 Å². The summed E-state index contributed by atoms with van der Waals surface area (Å²) >= 11 is 1.85. The molecule has 0 bridgehead atoms. The van der Waals surface area contributed by atoms with Gasteiger partial charge in [0.05, 0.1) is 11.5 Å². The van der Waals surface area contributed by atoms with E-state index in [2.05, 4.69) is 41.8 Å². The summed E-state index contributed by atoms with van der Waals surface area (Å²) in [6.07, 6.45) is 5.80. The molecule has 1 amide bonds. The van der Waals surface area contributed by atoms with Crippen LogP contribution in [0.15, 0.2) is 83.1 Å². The standard InChI is InChI=1S/C32H43N3O4S2/c1-34(2)32(30-14-9-23-40-30)28-17-15-26(16-18-28)19-20-33-31(36)25-39-22-21-35(24-27-10-5-3-6-11-27)41(37,38)29-12-7-4-8-13-29/h3-14,23,26,28,32H,15-22,24-25H2,1-2H3,(H,33,36). The Kier molecular flexibility index (Phi) is 11.9. The van der Waals surface area contributed by atoms with Gasteiger partial charge in [-0.2, -0.15) is 4.31 Å². The molecular weight excluding hydrogens is 555 g/mol. The molecule has 1 aliphatic carbocycles. The third kappa shape index (κ3) is 9.21. The average molecular weight is 598 g/mol. The minimum atomic E-state index is -3.70. The lowest BCUT2D eigenvalue weighted by molar-refractivity contribution is -0.125. The van der Waals surface area contributed by atoms with Crippen LogP contribution in [0.1, 0.15) is 48.6 Å². The fourth-order valence-corrected chi connectivity index (χ4v) is 8.22. The lowest BCUT2D eigenvalue weighted by atomic mass is 9.76. The topological polar surface area (TPSA) is 79.0 Å². The van der Waals surface area contributed by atoms with Gasteiger partial charge >= 0.3 is 0 Å². The molecule has 1 aromatic heterocycles. The molecule has 1 aliphatic rings. The van der Waals surface area contributed by atoms with Crippen molar-refractivity contribution in [2.45, 2.75) is 49.6 Å². The Morgan fingerprint density at radius 1 is 0.976 bits per heavy atom. The molecule has 0 saturated heterocycles. The summed E-state index contributed by atoms with van der Waals surface area (Å²) in [5.41, 5.74) is 0.891. The number of benzene rings is 2. The van der Waals surface area contributed by atoms with Crippen molar-refractivity contribution in [1.82, 2.24) is 14.5 Å². The molecule has 41 heavy (non-hydrogen) atoms. The van der Waals surface area contributed by atoms with Gasteiger partial charge in [-0.05, 0) is 74.3 Å². The number of hydrogen-bond acceptors (Lipinski definition) is 6. The highest BCUT2D eigenvalue weighted by Gasteiger charge is 2.30. The monoisotopic (exact) mass is 597 g/mol. The Bertz CT molecular complexity index is 1280. The summed E-state index contributed by atoms with van der Waals surface area (Å²) in [7, 11) is 0.652. The van der Waals surface area contributed by atoms with Crippen molar-refractivity contribution in [3.63, 3.8) is 0 Å². The highest BCUT2D eigenvalue weighted by molar-refractivity contribution is 7.89. The number of ether oxygens (including phenoxy) is 1. The van der Waals surface area contributed by atoms with Gasteiger partial charge < -0.3 is 15.0 Å². The Hall–Kier alpha value is -2.56. The van der Waals surface area contributed by atoms with Gasteiger partial charge in [0.15, 0.2) is 0 Å². The number of nitrogens with one attached hydrogen (secondary N) is 1. The van der Waals surface area contributed by atoms with Gasteiger partial charge in [0.25, 0.3) is 0 Å². The largest absolute Gasteiger partial charge is 0.370 e. The van der Waals surface area contributed by atoms with Crippen LogP contribution in [-0.2, 0) is 26.1 Å². The number of rotatable bonds is 15. The summed E-state index contributed by atoms with van der Waals surface area (Å²) < 4.78 is 33.6. The molecule has 0 aliphatic heterocycles. The van der Waals surface area contributed by atoms with Gasteiger partial charge in [0, 0.05) is 30.6 Å². The first-order valence-electron chi connectivity index (χ1n) is 14.5. The molecule has 2 aromatic carbocycles. The van der Waals surface area contributed by atoms with Crippen molar-refractivity contribution in [1.29, 1.82) is 0 Å². The van der Waals surface area contributed by atoms with E-state index in [1.807, 2.05) is 41.7 Å². The first-order chi connectivity index (χ1) is 19.8. The van der Waals surface area contributed by atoms with Gasteiger partial charge in [0.1, 0.15) is 6.61 Å². The molecule has 9 heteroatoms. The molecule has 4 rings (SSSR count). The molecule has 3 aromatic rings. The van der Waals surface area contributed by atoms with Crippen LogP contribution < -0.4 is 5.32 Å². The molecule has 1 fully saturated rings. The normalized spacial score (nSPS) is 18.4. The molecule has 1 N–H and O–H groups in total. The van der Waals surface area contributed by atoms with E-state index in [1.165, 1.54) is 34.9 Å². The maximum atomic E-state index is 13.3. The average Bonchev–Trinajstić information content (AvgIpc) is 3.50. The van der Waals surface area contributed by atoms with Crippen molar-refractivity contribution in [3.8, 4) is 0 Å². The van der Waals surface area contributed by atoms with E-state index < -0.39 is 10.0 Å². The quantitative estimate of drug-likeness (QED) is 0.232. The zero-order valence-electron chi connectivity index (χ0n) is 24.2. The third-order valence-electron chi connectivity index (χ3n) is 7.90. The first kappa shape index (κ1) is 31.4. The van der Waals surface area contributed by atoms with Crippen molar-refractivity contribution >= 4 is 27.3 Å². The molecule has 1 unspecified atom stereocenters. The lowest BCUT2D eigenvalue weighted by Gasteiger charge is -2.37. The Morgan fingerprint density at radius 2 is 1.66 bits per heavy atom. The van der Waals surface area contributed by atoms with Crippen LogP contribution in [0, 0.1) is 11.8 Å². The number of thiophene rings is 1. The second-order valence-electron chi connectivity index (χ2n) is 11.0. The van der Waals surface area contributed by atoms with E-state index in [0.29, 0.717) is 24.4 Å². The van der Waals surface area contributed by atoms with Crippen LogP contribution in [0.25, 0.3) is 0 Å². The molecule has 222 valence electrons. The van der Waals surface area contributed by atoms with Crippen LogP contribution in [0.4, 0.5) is 0 Å². The second-order valence-corrected chi connectivity index (χ2v) is 14.0. The summed E-state index contributed by atoms with van der Waals surface area (Å²) in [4.78, 5) is 16.5. The van der Waals surface area contributed by atoms with E-state index >= 15 is 0 Å². The summed E-state index contributed by atoms with van der Waals surface area (Å²) in [5.74, 6) is 1.15. The predicted octanol–water partition coefficient (Wildman–Crippen LogP) is 5.57. The Morgan fingerprint density at radius 3 is 2.29 bits per heavy atom. The van der Waals surface area contributed by atoms with E-state index in [0.717, 1.165) is 12.0 Å². The maximum absolute atomic E-state index is 13.3. The Balaban J connectivity index is 1.17. The number of carbonyl (C=O) groups is 1. The molecule has 1 atom stereocenters. The van der Waals surface area contributed by atoms with Crippen LogP contribution in [0.3, 0.4) is 0 Å². The number of carbonyl (C=O) groups excluding carboxylic acids is 1. The van der Waals surface area contributed by atoms with E-state index in [-0.39, 0.29) is 37.1 Å².